The van der Waals surface area contributed by atoms with Crippen LogP contribution in [-0.2, 0) is 4.79 Å². The predicted molar refractivity (Wildman–Crippen MR) is 112 cm³/mol. The average molecular weight is 387 g/mol. The smallest absolute Gasteiger partial charge is 0.225 e. The van der Waals surface area contributed by atoms with Crippen LogP contribution in [0.3, 0.4) is 0 Å². The van der Waals surface area contributed by atoms with Crippen LogP contribution in [0.15, 0.2) is 4.99 Å². The third-order valence-corrected chi connectivity index (χ3v) is 6.67. The monoisotopic (exact) mass is 386 g/mol. The van der Waals surface area contributed by atoms with Gasteiger partial charge in [0.2, 0.25) is 5.91 Å². The molecule has 2 rings (SSSR count). The van der Waals surface area contributed by atoms with Crippen LogP contribution in [0.2, 0.25) is 0 Å². The van der Waals surface area contributed by atoms with Crippen molar-refractivity contribution in [2.45, 2.75) is 44.6 Å². The third kappa shape index (κ3) is 7.29. The Morgan fingerprint density at radius 2 is 1.92 bits per heavy atom. The maximum Gasteiger partial charge on any atom is 0.225 e. The van der Waals surface area contributed by atoms with Crippen molar-refractivity contribution < 1.29 is 4.79 Å². The maximum absolute atomic E-state index is 12.6. The number of nitrogens with one attached hydrogen (secondary N) is 2. The summed E-state index contributed by atoms with van der Waals surface area (Å²) in [6, 6.07) is 0.443. The molecule has 0 spiro atoms. The molecule has 1 saturated carbocycles. The van der Waals surface area contributed by atoms with Crippen molar-refractivity contribution in [3.8, 4) is 0 Å². The topological polar surface area (TPSA) is 56.7 Å². The van der Waals surface area contributed by atoms with Crippen molar-refractivity contribution in [2.24, 2.45) is 10.9 Å². The van der Waals surface area contributed by atoms with E-state index in [1.807, 2.05) is 30.6 Å². The molecule has 2 aliphatic rings. The van der Waals surface area contributed by atoms with Gasteiger partial charge in [0.15, 0.2) is 5.96 Å². The quantitative estimate of drug-likeness (QED) is 0.400. The van der Waals surface area contributed by atoms with Gasteiger partial charge in [0.05, 0.1) is 0 Å². The normalized spacial score (nSPS) is 24.9. The number of unbranched alkanes of at least 4 members (excludes halogenated alkanes) is 1. The van der Waals surface area contributed by atoms with Crippen molar-refractivity contribution in [2.75, 3.05) is 50.2 Å². The minimum absolute atomic E-state index is 0.239. The van der Waals surface area contributed by atoms with Gasteiger partial charge in [-0.05, 0) is 50.5 Å². The fraction of sp³-hybridized carbons (Fsp3) is 0.889. The lowest BCUT2D eigenvalue weighted by molar-refractivity contribution is -0.136. The van der Waals surface area contributed by atoms with Gasteiger partial charge in [-0.3, -0.25) is 9.79 Å². The van der Waals surface area contributed by atoms with Gasteiger partial charge in [-0.2, -0.15) is 23.5 Å². The minimum atomic E-state index is 0.239. The molecule has 1 amide bonds. The fourth-order valence-electron chi connectivity index (χ4n) is 3.49. The summed E-state index contributed by atoms with van der Waals surface area (Å²) in [5, 5.41) is 6.95. The van der Waals surface area contributed by atoms with E-state index >= 15 is 0 Å². The second kappa shape index (κ2) is 11.9. The largest absolute Gasteiger partial charge is 0.356 e. The van der Waals surface area contributed by atoms with E-state index in [0.29, 0.717) is 11.9 Å². The van der Waals surface area contributed by atoms with Gasteiger partial charge in [0.25, 0.3) is 0 Å². The van der Waals surface area contributed by atoms with Gasteiger partial charge in [-0.1, -0.05) is 0 Å². The predicted octanol–water partition coefficient (Wildman–Crippen LogP) is 2.43. The number of nitrogens with zero attached hydrogens (tertiary/aromatic N) is 2. The molecule has 7 heteroatoms. The Labute approximate surface area is 161 Å². The summed E-state index contributed by atoms with van der Waals surface area (Å²) in [7, 11) is 1.83. The Morgan fingerprint density at radius 1 is 1.20 bits per heavy atom. The first kappa shape index (κ1) is 20.7. The van der Waals surface area contributed by atoms with Crippen LogP contribution in [0.4, 0.5) is 0 Å². The molecule has 0 unspecified atom stereocenters. The number of hydrogen-bond acceptors (Lipinski definition) is 4. The molecule has 25 heavy (non-hydrogen) atoms. The first-order chi connectivity index (χ1) is 12.2. The van der Waals surface area contributed by atoms with Crippen molar-refractivity contribution in [3.05, 3.63) is 0 Å². The molecule has 0 atom stereocenters. The van der Waals surface area contributed by atoms with Gasteiger partial charge in [-0.15, -0.1) is 0 Å². The van der Waals surface area contributed by atoms with Crippen LogP contribution in [0.5, 0.6) is 0 Å². The zero-order valence-electron chi connectivity index (χ0n) is 15.8. The SMILES string of the molecule is CN=C(NCCCCSC)NC1CCC(C(=O)N2CCSCC2)CC1. The number of aliphatic imine (C=N–C) groups is 1. The van der Waals surface area contributed by atoms with Crippen LogP contribution in [0, 0.1) is 5.92 Å². The van der Waals surface area contributed by atoms with Crippen molar-refractivity contribution >= 4 is 35.4 Å². The Hall–Kier alpha value is -0.560. The first-order valence-electron chi connectivity index (χ1n) is 9.57. The molecule has 0 aromatic heterocycles. The molecular weight excluding hydrogens is 352 g/mol. The average Bonchev–Trinajstić information content (AvgIpc) is 2.67. The van der Waals surface area contributed by atoms with Crippen LogP contribution < -0.4 is 10.6 Å². The zero-order valence-corrected chi connectivity index (χ0v) is 17.4. The Bertz CT molecular complexity index is 419. The molecular formula is C18H34N4OS2. The zero-order chi connectivity index (χ0) is 17.9. The van der Waals surface area contributed by atoms with Gasteiger partial charge in [0, 0.05) is 50.1 Å². The molecule has 0 aromatic rings. The Morgan fingerprint density at radius 3 is 2.56 bits per heavy atom. The molecule has 2 N–H and O–H groups in total. The number of thioether (sulfide) groups is 2. The highest BCUT2D eigenvalue weighted by molar-refractivity contribution is 7.99. The van der Waals surface area contributed by atoms with Crippen LogP contribution in [0.25, 0.3) is 0 Å². The summed E-state index contributed by atoms with van der Waals surface area (Å²) in [6.07, 6.45) is 8.71. The van der Waals surface area contributed by atoms with E-state index < -0.39 is 0 Å². The van der Waals surface area contributed by atoms with Gasteiger partial charge in [-0.25, -0.2) is 0 Å². The highest BCUT2D eigenvalue weighted by atomic mass is 32.2. The molecule has 5 nitrogen and oxygen atoms in total. The lowest BCUT2D eigenvalue weighted by Gasteiger charge is -2.34. The number of hydrogen-bond donors (Lipinski definition) is 2. The number of carbonyl (C=O) groups is 1. The standard InChI is InChI=1S/C18H34N4OS2/c1-19-18(20-9-3-4-12-24-2)21-16-7-5-15(6-8-16)17(23)22-10-13-25-14-11-22/h15-16H,3-14H2,1-2H3,(H2,19,20,21). The second-order valence-electron chi connectivity index (χ2n) is 6.83. The van der Waals surface area contributed by atoms with E-state index in [9.17, 15) is 4.79 Å². The van der Waals surface area contributed by atoms with Gasteiger partial charge >= 0.3 is 0 Å². The van der Waals surface area contributed by atoms with E-state index in [2.05, 4.69) is 26.8 Å². The molecule has 1 aliphatic carbocycles. The molecule has 2 fully saturated rings. The molecule has 144 valence electrons. The van der Waals surface area contributed by atoms with Crippen molar-refractivity contribution in [1.82, 2.24) is 15.5 Å². The number of guanidine groups is 1. The van der Waals surface area contributed by atoms with E-state index in [4.69, 9.17) is 0 Å². The van der Waals surface area contributed by atoms with E-state index in [1.54, 1.807) is 0 Å². The summed E-state index contributed by atoms with van der Waals surface area (Å²) in [5.74, 6) is 4.97. The lowest BCUT2D eigenvalue weighted by Crippen LogP contribution is -2.47. The lowest BCUT2D eigenvalue weighted by atomic mass is 9.85. The van der Waals surface area contributed by atoms with E-state index in [1.165, 1.54) is 18.6 Å². The fourth-order valence-corrected chi connectivity index (χ4v) is 4.89. The third-order valence-electron chi connectivity index (χ3n) is 5.03. The van der Waals surface area contributed by atoms with Gasteiger partial charge < -0.3 is 15.5 Å². The number of rotatable bonds is 7. The highest BCUT2D eigenvalue weighted by Gasteiger charge is 2.30. The van der Waals surface area contributed by atoms with Crippen molar-refractivity contribution in [3.63, 3.8) is 0 Å². The number of carbonyl (C=O) groups excluding carboxylic acids is 1. The van der Waals surface area contributed by atoms with Crippen molar-refractivity contribution in [1.29, 1.82) is 0 Å². The summed E-state index contributed by atoms with van der Waals surface area (Å²) in [5.41, 5.74) is 0. The van der Waals surface area contributed by atoms with Crippen LogP contribution >= 0.6 is 23.5 Å². The molecule has 1 saturated heterocycles. The van der Waals surface area contributed by atoms with Crippen LogP contribution in [0.1, 0.15) is 38.5 Å². The van der Waals surface area contributed by atoms with E-state index in [0.717, 1.165) is 62.8 Å². The molecule has 1 heterocycles. The molecule has 1 aliphatic heterocycles. The number of amides is 1. The summed E-state index contributed by atoms with van der Waals surface area (Å²) < 4.78 is 0. The summed E-state index contributed by atoms with van der Waals surface area (Å²) in [4.78, 5) is 19.1. The Kier molecular flexibility index (Phi) is 9.91. The summed E-state index contributed by atoms with van der Waals surface area (Å²) in [6.45, 7) is 2.85. The first-order valence-corrected chi connectivity index (χ1v) is 12.1. The molecule has 0 radical (unpaired) electrons. The minimum Gasteiger partial charge on any atom is -0.356 e. The molecule has 0 aromatic carbocycles. The van der Waals surface area contributed by atoms with Crippen LogP contribution in [-0.4, -0.2) is 73.0 Å². The highest BCUT2D eigenvalue weighted by Crippen LogP contribution is 2.27. The summed E-state index contributed by atoms with van der Waals surface area (Å²) >= 11 is 3.86. The van der Waals surface area contributed by atoms with E-state index in [-0.39, 0.29) is 5.92 Å². The second-order valence-corrected chi connectivity index (χ2v) is 9.04. The van der Waals surface area contributed by atoms with Gasteiger partial charge in [0.1, 0.15) is 0 Å². The maximum atomic E-state index is 12.6. The Balaban J connectivity index is 1.65. The molecule has 0 bridgehead atoms.